The average Bonchev–Trinajstić information content (AvgIpc) is 2.86. The summed E-state index contributed by atoms with van der Waals surface area (Å²) in [6.07, 6.45) is -2.32. The van der Waals surface area contributed by atoms with Crippen molar-refractivity contribution in [2.45, 2.75) is 31.2 Å². The molecule has 2 aliphatic rings. The Morgan fingerprint density at radius 1 is 1.39 bits per heavy atom. The first-order valence-electron chi connectivity index (χ1n) is 8.79. The van der Waals surface area contributed by atoms with Crippen LogP contribution in [0.2, 0.25) is 0 Å². The molecule has 0 amide bonds. The van der Waals surface area contributed by atoms with Crippen molar-refractivity contribution in [3.8, 4) is 0 Å². The maximum absolute atomic E-state index is 12.8. The molecule has 3 N–H and O–H groups in total. The molecular weight excluding hydrogens is 379 g/mol. The zero-order chi connectivity index (χ0) is 20.5. The van der Waals surface area contributed by atoms with Gasteiger partial charge in [-0.05, 0) is 36.5 Å². The number of hydrogen-bond donors (Lipinski definition) is 3. The van der Waals surface area contributed by atoms with Crippen LogP contribution < -0.4 is 0 Å². The molecule has 0 bridgehead atoms. The van der Waals surface area contributed by atoms with Crippen molar-refractivity contribution in [3.63, 3.8) is 0 Å². The van der Waals surface area contributed by atoms with E-state index in [2.05, 4.69) is 5.16 Å². The lowest BCUT2D eigenvalue weighted by molar-refractivity contribution is -0.142. The molecular formula is C19H20F3NO5. The molecule has 2 saturated carbocycles. The lowest BCUT2D eigenvalue weighted by atomic mass is 9.73. The molecule has 2 fully saturated rings. The number of carboxylic acid groups (broad SMARTS) is 1. The molecule has 0 saturated heterocycles. The van der Waals surface area contributed by atoms with Crippen molar-refractivity contribution in [2.75, 3.05) is 6.61 Å². The minimum Gasteiger partial charge on any atom is -0.479 e. The molecule has 6 nitrogen and oxygen atoms in total. The zero-order valence-electron chi connectivity index (χ0n) is 14.7. The number of aliphatic hydroxyl groups is 2. The van der Waals surface area contributed by atoms with Crippen molar-refractivity contribution in [3.05, 3.63) is 47.5 Å². The number of hydrogen-bond acceptors (Lipinski definition) is 5. The fourth-order valence-electron chi connectivity index (χ4n) is 3.77. The number of carbonyl (C=O) groups is 1. The summed E-state index contributed by atoms with van der Waals surface area (Å²) in [5, 5.41) is 32.9. The molecule has 0 aliphatic heterocycles. The van der Waals surface area contributed by atoms with Crippen LogP contribution in [0, 0.1) is 17.8 Å². The molecule has 0 radical (unpaired) electrons. The van der Waals surface area contributed by atoms with E-state index in [0.29, 0.717) is 18.6 Å². The van der Waals surface area contributed by atoms with Gasteiger partial charge < -0.3 is 20.2 Å². The highest BCUT2D eigenvalue weighted by Gasteiger charge is 2.51. The largest absolute Gasteiger partial charge is 0.479 e. The molecule has 1 aromatic rings. The van der Waals surface area contributed by atoms with Crippen LogP contribution in [0.1, 0.15) is 30.1 Å². The molecule has 5 atom stereocenters. The number of nitrogens with zero attached hydrogens (tertiary/aromatic N) is 1. The smallest absolute Gasteiger partial charge is 0.416 e. The van der Waals surface area contributed by atoms with E-state index >= 15 is 0 Å². The summed E-state index contributed by atoms with van der Waals surface area (Å²) in [5.74, 6) is -1.45. The van der Waals surface area contributed by atoms with Gasteiger partial charge in [-0.15, -0.1) is 0 Å². The lowest BCUT2D eigenvalue weighted by Gasteiger charge is -2.33. The third-order valence-corrected chi connectivity index (χ3v) is 5.26. The van der Waals surface area contributed by atoms with Crippen LogP contribution in [0.4, 0.5) is 13.2 Å². The summed E-state index contributed by atoms with van der Waals surface area (Å²) in [6.45, 7) is -0.532. The Kier molecular flexibility index (Phi) is 5.76. The van der Waals surface area contributed by atoms with Crippen LogP contribution in [0.3, 0.4) is 0 Å². The van der Waals surface area contributed by atoms with E-state index in [1.165, 1.54) is 18.2 Å². The summed E-state index contributed by atoms with van der Waals surface area (Å²) in [6, 6.07) is 4.48. The Morgan fingerprint density at radius 2 is 2.14 bits per heavy atom. The van der Waals surface area contributed by atoms with E-state index < -0.39 is 36.5 Å². The average molecular weight is 399 g/mol. The van der Waals surface area contributed by atoms with Crippen LogP contribution in [0.5, 0.6) is 0 Å². The minimum absolute atomic E-state index is 0.0208. The van der Waals surface area contributed by atoms with Crippen LogP contribution >= 0.6 is 0 Å². The predicted octanol–water partition coefficient (Wildman–Crippen LogP) is 2.77. The first kappa shape index (κ1) is 20.3. The van der Waals surface area contributed by atoms with Crippen molar-refractivity contribution in [1.82, 2.24) is 0 Å². The summed E-state index contributed by atoms with van der Waals surface area (Å²) >= 11 is 0. The number of oxime groups is 1. The van der Waals surface area contributed by atoms with Gasteiger partial charge in [-0.2, -0.15) is 13.2 Å². The van der Waals surface area contributed by atoms with E-state index in [4.69, 9.17) is 9.94 Å². The highest BCUT2D eigenvalue weighted by atomic mass is 19.4. The number of fused-ring (bicyclic) bond motifs is 1. The Morgan fingerprint density at radius 3 is 2.82 bits per heavy atom. The van der Waals surface area contributed by atoms with Gasteiger partial charge in [0, 0.05) is 11.8 Å². The third-order valence-electron chi connectivity index (χ3n) is 5.26. The quantitative estimate of drug-likeness (QED) is 0.505. The standard InChI is InChI=1S/C19H20F3NO5/c20-19(21,22)12-3-1-2-10(6-12)16(24)5-4-11-7-13-14(18(11)27)8-15(13)23-28-9-17(25)26/h1-6,11,13-14,16,18,24,27H,7-9H2,(H,25,26)/t11?,13-,14+,16?,18?/m0/s1. The molecule has 152 valence electrons. The maximum atomic E-state index is 12.8. The number of aliphatic hydroxyl groups excluding tert-OH is 2. The molecule has 9 heteroatoms. The number of alkyl halides is 3. The van der Waals surface area contributed by atoms with Crippen LogP contribution in [-0.2, 0) is 15.8 Å². The third kappa shape index (κ3) is 4.36. The summed E-state index contributed by atoms with van der Waals surface area (Å²) in [5.41, 5.74) is -0.0240. The number of rotatable bonds is 6. The fraction of sp³-hybridized carbons (Fsp3) is 0.474. The molecule has 0 aromatic heterocycles. The van der Waals surface area contributed by atoms with Gasteiger partial charge in [0.25, 0.3) is 0 Å². The van der Waals surface area contributed by atoms with Gasteiger partial charge in [0.2, 0.25) is 6.61 Å². The summed E-state index contributed by atoms with van der Waals surface area (Å²) < 4.78 is 38.4. The minimum atomic E-state index is -4.49. The maximum Gasteiger partial charge on any atom is 0.416 e. The summed E-state index contributed by atoms with van der Waals surface area (Å²) in [7, 11) is 0. The summed E-state index contributed by atoms with van der Waals surface area (Å²) in [4.78, 5) is 15.2. The fourth-order valence-corrected chi connectivity index (χ4v) is 3.77. The van der Waals surface area contributed by atoms with Gasteiger partial charge in [0.15, 0.2) is 0 Å². The van der Waals surface area contributed by atoms with Crippen molar-refractivity contribution in [1.29, 1.82) is 0 Å². The highest BCUT2D eigenvalue weighted by molar-refractivity contribution is 5.93. The van der Waals surface area contributed by atoms with Crippen LogP contribution in [-0.4, -0.2) is 39.7 Å². The van der Waals surface area contributed by atoms with Gasteiger partial charge in [-0.3, -0.25) is 0 Å². The Labute approximate surface area is 158 Å². The van der Waals surface area contributed by atoms with Gasteiger partial charge in [-0.1, -0.05) is 29.4 Å². The van der Waals surface area contributed by atoms with Gasteiger partial charge in [-0.25, -0.2) is 4.79 Å². The second kappa shape index (κ2) is 7.92. The number of benzene rings is 1. The molecule has 3 unspecified atom stereocenters. The van der Waals surface area contributed by atoms with Crippen LogP contribution in [0.15, 0.2) is 41.6 Å². The topological polar surface area (TPSA) is 99.4 Å². The van der Waals surface area contributed by atoms with Crippen molar-refractivity contribution < 1.29 is 38.1 Å². The predicted molar refractivity (Wildman–Crippen MR) is 92.3 cm³/mol. The van der Waals surface area contributed by atoms with Crippen molar-refractivity contribution in [2.24, 2.45) is 22.9 Å². The highest BCUT2D eigenvalue weighted by Crippen LogP contribution is 2.48. The normalized spacial score (nSPS) is 29.5. The SMILES string of the molecule is O=C(O)CON=C1C[C@H]2C(O)C(C=CC(O)c3cccc(C(F)(F)F)c3)C[C@H]12. The molecule has 2 aliphatic carbocycles. The Bertz CT molecular complexity index is 792. The van der Waals surface area contributed by atoms with Crippen LogP contribution in [0.25, 0.3) is 0 Å². The lowest BCUT2D eigenvalue weighted by Crippen LogP contribution is -2.38. The molecule has 3 rings (SSSR count). The monoisotopic (exact) mass is 399 g/mol. The number of aliphatic carboxylic acids is 1. The Balaban J connectivity index is 1.61. The van der Waals surface area contributed by atoms with Gasteiger partial charge >= 0.3 is 12.1 Å². The number of halogens is 3. The van der Waals surface area contributed by atoms with Gasteiger partial charge in [0.1, 0.15) is 0 Å². The van der Waals surface area contributed by atoms with E-state index in [1.807, 2.05) is 0 Å². The molecule has 28 heavy (non-hydrogen) atoms. The van der Waals surface area contributed by atoms with E-state index in [1.54, 1.807) is 6.08 Å². The van der Waals surface area contributed by atoms with Gasteiger partial charge in [0.05, 0.1) is 23.5 Å². The van der Waals surface area contributed by atoms with Crippen molar-refractivity contribution >= 4 is 11.7 Å². The van der Waals surface area contributed by atoms with E-state index in [0.717, 1.165) is 12.1 Å². The molecule has 1 aromatic carbocycles. The molecule has 0 spiro atoms. The number of carboxylic acids is 1. The Hall–Kier alpha value is -2.39. The molecule has 0 heterocycles. The first-order chi connectivity index (χ1) is 13.2. The van der Waals surface area contributed by atoms with E-state index in [-0.39, 0.29) is 23.3 Å². The first-order valence-corrected chi connectivity index (χ1v) is 8.79. The zero-order valence-corrected chi connectivity index (χ0v) is 14.7. The second-order valence-electron chi connectivity index (χ2n) is 7.07. The van der Waals surface area contributed by atoms with E-state index in [9.17, 15) is 28.2 Å². The second-order valence-corrected chi connectivity index (χ2v) is 7.07.